The molecule has 2 rings (SSSR count). The summed E-state index contributed by atoms with van der Waals surface area (Å²) in [5.74, 6) is 2.77. The monoisotopic (exact) mass is 361 g/mol. The first-order valence-corrected chi connectivity index (χ1v) is 7.78. The van der Waals surface area contributed by atoms with Crippen molar-refractivity contribution in [1.82, 2.24) is 15.5 Å². The lowest BCUT2D eigenvalue weighted by atomic mass is 9.70. The number of piperidine rings is 2. The Kier molecular flexibility index (Phi) is 14.0. The Balaban J connectivity index is 0. The molecule has 2 aliphatic heterocycles. The maximum absolute atomic E-state index is 3.51. The summed E-state index contributed by atoms with van der Waals surface area (Å²) >= 11 is 0. The molecule has 3 nitrogen and oxygen atoms in total. The van der Waals surface area contributed by atoms with Crippen LogP contribution in [0.4, 0.5) is 0 Å². The van der Waals surface area contributed by atoms with Gasteiger partial charge in [0.1, 0.15) is 0 Å². The van der Waals surface area contributed by atoms with Crippen LogP contribution in [0, 0.1) is 17.8 Å². The molecule has 0 aromatic rings. The number of hydrogen-bond donors (Lipinski definition) is 2. The van der Waals surface area contributed by atoms with Crippen LogP contribution in [-0.2, 0) is 0 Å². The van der Waals surface area contributed by atoms with Gasteiger partial charge in [-0.05, 0) is 90.6 Å². The van der Waals surface area contributed by atoms with Crippen molar-refractivity contribution in [1.29, 1.82) is 0 Å². The van der Waals surface area contributed by atoms with Crippen LogP contribution < -0.4 is 10.6 Å². The molecule has 2 N–H and O–H groups in total. The Morgan fingerprint density at radius 2 is 1.10 bits per heavy atom. The summed E-state index contributed by atoms with van der Waals surface area (Å²) in [5, 5.41) is 7.03. The molecule has 1 atom stereocenters. The highest BCUT2D eigenvalue weighted by atomic mass is 35.5. The number of hydrogen-bond acceptors (Lipinski definition) is 3. The molecule has 0 spiro atoms. The molecule has 0 saturated carbocycles. The molecule has 0 aromatic carbocycles. The fourth-order valence-electron chi connectivity index (χ4n) is 3.98. The normalized spacial score (nSPS) is 22.1. The van der Waals surface area contributed by atoms with Gasteiger partial charge in [-0.3, -0.25) is 0 Å². The summed E-state index contributed by atoms with van der Waals surface area (Å²) in [6.45, 7) is 7.35. The molecular weight excluding hydrogens is 329 g/mol. The lowest BCUT2D eigenvalue weighted by Gasteiger charge is -2.43. The van der Waals surface area contributed by atoms with Crippen molar-refractivity contribution in [3.8, 4) is 0 Å². The molecule has 2 fully saturated rings. The van der Waals surface area contributed by atoms with Crippen molar-refractivity contribution in [2.24, 2.45) is 17.8 Å². The van der Waals surface area contributed by atoms with E-state index in [0.29, 0.717) is 0 Å². The van der Waals surface area contributed by atoms with Crippen molar-refractivity contribution >= 4 is 37.2 Å². The van der Waals surface area contributed by atoms with Crippen LogP contribution in [0.15, 0.2) is 0 Å². The Morgan fingerprint density at radius 1 is 0.762 bits per heavy atom. The van der Waals surface area contributed by atoms with Gasteiger partial charge in [0.2, 0.25) is 0 Å². The van der Waals surface area contributed by atoms with E-state index in [1.807, 2.05) is 0 Å². The zero-order valence-corrected chi connectivity index (χ0v) is 16.1. The fourth-order valence-corrected chi connectivity index (χ4v) is 3.98. The summed E-state index contributed by atoms with van der Waals surface area (Å²) < 4.78 is 0. The van der Waals surface area contributed by atoms with Gasteiger partial charge in [-0.1, -0.05) is 0 Å². The molecule has 2 saturated heterocycles. The summed E-state index contributed by atoms with van der Waals surface area (Å²) in [4.78, 5) is 2.44. The number of nitrogens with one attached hydrogen (secondary N) is 2. The third-order valence-corrected chi connectivity index (χ3v) is 5.23. The average Bonchev–Trinajstić information content (AvgIpc) is 2.41. The smallest absolute Gasteiger partial charge is 0.00944 e. The Morgan fingerprint density at radius 3 is 1.38 bits per heavy atom. The predicted octanol–water partition coefficient (Wildman–Crippen LogP) is 2.82. The number of rotatable bonds is 4. The fraction of sp³-hybridized carbons (Fsp3) is 1.00. The van der Waals surface area contributed by atoms with Gasteiger partial charge in [0, 0.05) is 6.04 Å². The second-order valence-corrected chi connectivity index (χ2v) is 6.46. The van der Waals surface area contributed by atoms with Crippen LogP contribution in [-0.4, -0.2) is 51.2 Å². The van der Waals surface area contributed by atoms with Crippen LogP contribution in [0.5, 0.6) is 0 Å². The van der Waals surface area contributed by atoms with Gasteiger partial charge in [-0.2, -0.15) is 0 Å². The van der Waals surface area contributed by atoms with Crippen molar-refractivity contribution in [3.63, 3.8) is 0 Å². The third kappa shape index (κ3) is 6.80. The second-order valence-electron chi connectivity index (χ2n) is 6.46. The van der Waals surface area contributed by atoms with E-state index >= 15 is 0 Å². The number of halogens is 3. The van der Waals surface area contributed by atoms with Gasteiger partial charge in [-0.15, -0.1) is 37.2 Å². The maximum atomic E-state index is 3.51. The topological polar surface area (TPSA) is 27.3 Å². The van der Waals surface area contributed by atoms with Crippen LogP contribution in [0.25, 0.3) is 0 Å². The van der Waals surface area contributed by atoms with Gasteiger partial charge in [0.15, 0.2) is 0 Å². The molecule has 2 heterocycles. The van der Waals surface area contributed by atoms with Crippen molar-refractivity contribution in [2.75, 3.05) is 40.3 Å². The first kappa shape index (κ1) is 24.0. The second kappa shape index (κ2) is 12.2. The first-order chi connectivity index (χ1) is 8.70. The van der Waals surface area contributed by atoms with E-state index < -0.39 is 0 Å². The molecular formula is C15H34Cl3N3. The van der Waals surface area contributed by atoms with Crippen LogP contribution in [0.2, 0.25) is 0 Å². The van der Waals surface area contributed by atoms with Crippen LogP contribution >= 0.6 is 37.2 Å². The van der Waals surface area contributed by atoms with Crippen molar-refractivity contribution in [2.45, 2.75) is 38.6 Å². The van der Waals surface area contributed by atoms with E-state index in [4.69, 9.17) is 0 Å². The average molecular weight is 363 g/mol. The third-order valence-electron chi connectivity index (χ3n) is 5.23. The standard InChI is InChI=1S/C15H31N3.3ClH/c1-12(18(2)3)15(13-4-8-16-9-5-13)14-6-10-17-11-7-14;;;/h12-17H,4-11H2,1-3H3;3*1H. The highest BCUT2D eigenvalue weighted by molar-refractivity contribution is 5.86. The van der Waals surface area contributed by atoms with Crippen molar-refractivity contribution < 1.29 is 0 Å². The van der Waals surface area contributed by atoms with E-state index in [0.717, 1.165) is 23.8 Å². The molecule has 0 aromatic heterocycles. The zero-order valence-electron chi connectivity index (χ0n) is 13.6. The zero-order chi connectivity index (χ0) is 13.0. The van der Waals surface area contributed by atoms with Crippen LogP contribution in [0.3, 0.4) is 0 Å². The van der Waals surface area contributed by atoms with E-state index in [2.05, 4.69) is 36.6 Å². The molecule has 130 valence electrons. The van der Waals surface area contributed by atoms with E-state index in [-0.39, 0.29) is 37.2 Å². The molecule has 0 aliphatic carbocycles. The summed E-state index contributed by atoms with van der Waals surface area (Å²) in [6, 6.07) is 0.719. The van der Waals surface area contributed by atoms with Gasteiger partial charge in [0.05, 0.1) is 0 Å². The minimum atomic E-state index is 0. The summed E-state index contributed by atoms with van der Waals surface area (Å²) in [7, 11) is 4.50. The summed E-state index contributed by atoms with van der Waals surface area (Å²) in [6.07, 6.45) is 5.53. The van der Waals surface area contributed by atoms with E-state index in [1.165, 1.54) is 51.9 Å². The minimum absolute atomic E-state index is 0. The quantitative estimate of drug-likeness (QED) is 0.805. The van der Waals surface area contributed by atoms with Gasteiger partial charge in [-0.25, -0.2) is 0 Å². The molecule has 1 unspecified atom stereocenters. The van der Waals surface area contributed by atoms with Crippen LogP contribution in [0.1, 0.15) is 32.6 Å². The van der Waals surface area contributed by atoms with Crippen molar-refractivity contribution in [3.05, 3.63) is 0 Å². The predicted molar refractivity (Wildman–Crippen MR) is 99.6 cm³/mol. The first-order valence-electron chi connectivity index (χ1n) is 7.78. The van der Waals surface area contributed by atoms with E-state index in [1.54, 1.807) is 0 Å². The SMILES string of the molecule is CC(C(C1CCNCC1)C1CCNCC1)N(C)C.Cl.Cl.Cl. The van der Waals surface area contributed by atoms with Gasteiger partial charge >= 0.3 is 0 Å². The highest BCUT2D eigenvalue weighted by Crippen LogP contribution is 2.36. The largest absolute Gasteiger partial charge is 0.317 e. The molecule has 0 amide bonds. The molecule has 21 heavy (non-hydrogen) atoms. The Hall–Kier alpha value is 0.750. The molecule has 0 bridgehead atoms. The highest BCUT2D eigenvalue weighted by Gasteiger charge is 2.35. The maximum Gasteiger partial charge on any atom is 0.00944 e. The molecule has 0 radical (unpaired) electrons. The Labute approximate surface area is 149 Å². The number of nitrogens with zero attached hydrogens (tertiary/aromatic N) is 1. The Bertz CT molecular complexity index is 224. The summed E-state index contributed by atoms with van der Waals surface area (Å²) in [5.41, 5.74) is 0. The molecule has 2 aliphatic rings. The minimum Gasteiger partial charge on any atom is -0.317 e. The lowest BCUT2D eigenvalue weighted by Crippen LogP contribution is -2.46. The molecule has 6 heteroatoms. The van der Waals surface area contributed by atoms with E-state index in [9.17, 15) is 0 Å². The van der Waals surface area contributed by atoms with Gasteiger partial charge < -0.3 is 15.5 Å². The van der Waals surface area contributed by atoms with Gasteiger partial charge in [0.25, 0.3) is 0 Å². The lowest BCUT2D eigenvalue weighted by molar-refractivity contribution is 0.0758.